The Morgan fingerprint density at radius 2 is 1.79 bits per heavy atom. The van der Waals surface area contributed by atoms with Gasteiger partial charge in [0, 0.05) is 38.8 Å². The SMILES string of the molecule is CCC(CO)N1CCN(C(C)C(=O)NCc2ccc(F)cc2)CC1. The summed E-state index contributed by atoms with van der Waals surface area (Å²) >= 11 is 0. The maximum absolute atomic E-state index is 12.9. The van der Waals surface area contributed by atoms with Gasteiger partial charge in [-0.2, -0.15) is 0 Å². The number of amides is 1. The van der Waals surface area contributed by atoms with Gasteiger partial charge in [0.2, 0.25) is 5.91 Å². The largest absolute Gasteiger partial charge is 0.395 e. The van der Waals surface area contributed by atoms with Gasteiger partial charge in [-0.1, -0.05) is 19.1 Å². The first-order chi connectivity index (χ1) is 11.5. The fourth-order valence-electron chi connectivity index (χ4n) is 3.10. The molecule has 134 valence electrons. The summed E-state index contributed by atoms with van der Waals surface area (Å²) in [5.41, 5.74) is 0.885. The molecule has 24 heavy (non-hydrogen) atoms. The molecule has 6 heteroatoms. The van der Waals surface area contributed by atoms with Crippen LogP contribution in [0.2, 0.25) is 0 Å². The second kappa shape index (κ2) is 9.11. The van der Waals surface area contributed by atoms with Crippen LogP contribution in [0.15, 0.2) is 24.3 Å². The predicted octanol–water partition coefficient (Wildman–Crippen LogP) is 1.22. The zero-order chi connectivity index (χ0) is 17.5. The number of piperazine rings is 1. The van der Waals surface area contributed by atoms with Crippen LogP contribution in [0.4, 0.5) is 4.39 Å². The lowest BCUT2D eigenvalue weighted by atomic mass is 10.1. The molecular weight excluding hydrogens is 309 g/mol. The van der Waals surface area contributed by atoms with Crippen LogP contribution in [0.25, 0.3) is 0 Å². The number of carbonyl (C=O) groups is 1. The van der Waals surface area contributed by atoms with E-state index in [0.29, 0.717) is 6.54 Å². The van der Waals surface area contributed by atoms with Crippen LogP contribution in [0.5, 0.6) is 0 Å². The maximum atomic E-state index is 12.9. The Kier molecular flexibility index (Phi) is 7.15. The van der Waals surface area contributed by atoms with E-state index in [4.69, 9.17) is 0 Å². The molecule has 0 radical (unpaired) electrons. The summed E-state index contributed by atoms with van der Waals surface area (Å²) in [6.45, 7) is 7.97. The number of rotatable bonds is 7. The minimum absolute atomic E-state index is 0.0121. The highest BCUT2D eigenvalue weighted by Crippen LogP contribution is 2.11. The predicted molar refractivity (Wildman–Crippen MR) is 92.0 cm³/mol. The van der Waals surface area contributed by atoms with E-state index < -0.39 is 0 Å². The van der Waals surface area contributed by atoms with E-state index >= 15 is 0 Å². The highest BCUT2D eigenvalue weighted by molar-refractivity contribution is 5.81. The Labute approximate surface area is 143 Å². The Morgan fingerprint density at radius 1 is 1.21 bits per heavy atom. The molecular formula is C18H28FN3O2. The second-order valence-corrected chi connectivity index (χ2v) is 6.34. The quantitative estimate of drug-likeness (QED) is 0.786. The average molecular weight is 337 g/mol. The summed E-state index contributed by atoms with van der Waals surface area (Å²) < 4.78 is 12.9. The number of nitrogens with zero attached hydrogens (tertiary/aromatic N) is 2. The smallest absolute Gasteiger partial charge is 0.237 e. The van der Waals surface area contributed by atoms with E-state index in [-0.39, 0.29) is 30.4 Å². The van der Waals surface area contributed by atoms with Crippen molar-refractivity contribution in [1.82, 2.24) is 15.1 Å². The van der Waals surface area contributed by atoms with E-state index in [0.717, 1.165) is 38.2 Å². The zero-order valence-corrected chi connectivity index (χ0v) is 14.5. The number of nitrogens with one attached hydrogen (secondary N) is 1. The topological polar surface area (TPSA) is 55.8 Å². The van der Waals surface area contributed by atoms with Gasteiger partial charge in [0.05, 0.1) is 12.6 Å². The van der Waals surface area contributed by atoms with Gasteiger partial charge >= 0.3 is 0 Å². The van der Waals surface area contributed by atoms with Crippen molar-refractivity contribution in [3.63, 3.8) is 0 Å². The summed E-state index contributed by atoms with van der Waals surface area (Å²) in [6, 6.07) is 6.18. The van der Waals surface area contributed by atoms with Crippen LogP contribution in [0, 0.1) is 5.82 Å². The van der Waals surface area contributed by atoms with Crippen molar-refractivity contribution in [2.75, 3.05) is 32.8 Å². The van der Waals surface area contributed by atoms with Crippen molar-refractivity contribution in [2.45, 2.75) is 38.9 Å². The Balaban J connectivity index is 1.78. The third-order valence-electron chi connectivity index (χ3n) is 4.85. The van der Waals surface area contributed by atoms with E-state index in [1.165, 1.54) is 12.1 Å². The van der Waals surface area contributed by atoms with E-state index in [1.807, 2.05) is 6.92 Å². The van der Waals surface area contributed by atoms with Crippen molar-refractivity contribution in [1.29, 1.82) is 0 Å². The first kappa shape index (κ1) is 18.8. The number of carbonyl (C=O) groups excluding carboxylic acids is 1. The molecule has 0 aliphatic carbocycles. The summed E-state index contributed by atoms with van der Waals surface area (Å²) in [4.78, 5) is 16.8. The lowest BCUT2D eigenvalue weighted by Gasteiger charge is -2.40. The van der Waals surface area contributed by atoms with Crippen molar-refractivity contribution in [2.24, 2.45) is 0 Å². The van der Waals surface area contributed by atoms with Gasteiger partial charge in [-0.05, 0) is 31.0 Å². The summed E-state index contributed by atoms with van der Waals surface area (Å²) in [7, 11) is 0. The molecule has 1 aromatic carbocycles. The normalized spacial score (nSPS) is 19.0. The zero-order valence-electron chi connectivity index (χ0n) is 14.5. The fourth-order valence-corrected chi connectivity index (χ4v) is 3.10. The van der Waals surface area contributed by atoms with Crippen molar-refractivity contribution < 1.29 is 14.3 Å². The van der Waals surface area contributed by atoms with E-state index in [9.17, 15) is 14.3 Å². The van der Waals surface area contributed by atoms with Crippen molar-refractivity contribution >= 4 is 5.91 Å². The van der Waals surface area contributed by atoms with Crippen LogP contribution < -0.4 is 5.32 Å². The molecule has 5 nitrogen and oxygen atoms in total. The molecule has 1 aromatic rings. The number of halogens is 1. The van der Waals surface area contributed by atoms with Crippen LogP contribution >= 0.6 is 0 Å². The van der Waals surface area contributed by atoms with Crippen molar-refractivity contribution in [3.8, 4) is 0 Å². The van der Waals surface area contributed by atoms with Gasteiger partial charge in [0.25, 0.3) is 0 Å². The Morgan fingerprint density at radius 3 is 2.33 bits per heavy atom. The molecule has 2 rings (SSSR count). The fraction of sp³-hybridized carbons (Fsp3) is 0.611. The number of aliphatic hydroxyl groups is 1. The third-order valence-corrected chi connectivity index (χ3v) is 4.85. The van der Waals surface area contributed by atoms with Crippen LogP contribution in [0.1, 0.15) is 25.8 Å². The Bertz CT molecular complexity index is 512. The number of benzene rings is 1. The standard InChI is InChI=1S/C18H28FN3O2/c1-3-17(13-23)22-10-8-21(9-11-22)14(2)18(24)20-12-15-4-6-16(19)7-5-15/h4-7,14,17,23H,3,8-13H2,1-2H3,(H,20,24). The lowest BCUT2D eigenvalue weighted by Crippen LogP contribution is -2.56. The van der Waals surface area contributed by atoms with Gasteiger partial charge in [0.1, 0.15) is 5.82 Å². The third kappa shape index (κ3) is 5.00. The molecule has 0 saturated carbocycles. The van der Waals surface area contributed by atoms with Gasteiger partial charge in [-0.25, -0.2) is 4.39 Å². The molecule has 1 aliphatic heterocycles. The summed E-state index contributed by atoms with van der Waals surface area (Å²) in [5.74, 6) is -0.286. The van der Waals surface area contributed by atoms with Crippen molar-refractivity contribution in [3.05, 3.63) is 35.6 Å². The summed E-state index contributed by atoms with van der Waals surface area (Å²) in [6.07, 6.45) is 0.935. The molecule has 0 spiro atoms. The van der Waals surface area contributed by atoms with Gasteiger partial charge in [-0.3, -0.25) is 14.6 Å². The summed E-state index contributed by atoms with van der Waals surface area (Å²) in [5, 5.41) is 12.3. The molecule has 1 fully saturated rings. The molecule has 2 atom stereocenters. The molecule has 1 aliphatic rings. The molecule has 0 bridgehead atoms. The van der Waals surface area contributed by atoms with Crippen LogP contribution in [0.3, 0.4) is 0 Å². The molecule has 1 saturated heterocycles. The van der Waals surface area contributed by atoms with E-state index in [1.54, 1.807) is 12.1 Å². The molecule has 1 amide bonds. The van der Waals surface area contributed by atoms with Gasteiger partial charge in [0.15, 0.2) is 0 Å². The highest BCUT2D eigenvalue weighted by Gasteiger charge is 2.27. The number of hydrogen-bond acceptors (Lipinski definition) is 4. The molecule has 1 heterocycles. The Hall–Kier alpha value is -1.50. The molecule has 0 aromatic heterocycles. The monoisotopic (exact) mass is 337 g/mol. The highest BCUT2D eigenvalue weighted by atomic mass is 19.1. The maximum Gasteiger partial charge on any atom is 0.237 e. The minimum atomic E-state index is -0.274. The number of hydrogen-bond donors (Lipinski definition) is 2. The second-order valence-electron chi connectivity index (χ2n) is 6.34. The lowest BCUT2D eigenvalue weighted by molar-refractivity contribution is -0.126. The van der Waals surface area contributed by atoms with E-state index in [2.05, 4.69) is 22.0 Å². The average Bonchev–Trinajstić information content (AvgIpc) is 2.62. The first-order valence-electron chi connectivity index (χ1n) is 8.66. The van der Waals surface area contributed by atoms with Gasteiger partial charge < -0.3 is 10.4 Å². The van der Waals surface area contributed by atoms with Crippen LogP contribution in [-0.4, -0.2) is 65.7 Å². The minimum Gasteiger partial charge on any atom is -0.395 e. The number of aliphatic hydroxyl groups excluding tert-OH is 1. The molecule has 2 N–H and O–H groups in total. The first-order valence-corrected chi connectivity index (χ1v) is 8.66. The van der Waals surface area contributed by atoms with Gasteiger partial charge in [-0.15, -0.1) is 0 Å². The molecule has 2 unspecified atom stereocenters. The van der Waals surface area contributed by atoms with Crippen LogP contribution in [-0.2, 0) is 11.3 Å².